The third kappa shape index (κ3) is 3.76. The lowest BCUT2D eigenvalue weighted by Crippen LogP contribution is -2.22. The van der Waals surface area contributed by atoms with Crippen molar-refractivity contribution in [1.82, 2.24) is 9.71 Å². The van der Waals surface area contributed by atoms with E-state index in [-0.39, 0.29) is 10.8 Å². The van der Waals surface area contributed by atoms with E-state index in [2.05, 4.69) is 23.6 Å². The van der Waals surface area contributed by atoms with Crippen LogP contribution in [0.2, 0.25) is 4.34 Å². The van der Waals surface area contributed by atoms with Gasteiger partial charge in [-0.3, -0.25) is 0 Å². The average Bonchev–Trinajstić information content (AvgIpc) is 2.95. The largest absolute Gasteiger partial charge is 0.250 e. The van der Waals surface area contributed by atoms with Crippen molar-refractivity contribution in [3.05, 3.63) is 32.6 Å². The van der Waals surface area contributed by atoms with Crippen molar-refractivity contribution >= 4 is 44.3 Å². The lowest BCUT2D eigenvalue weighted by atomic mass is 10.2. The van der Waals surface area contributed by atoms with Gasteiger partial charge in [-0.25, -0.2) is 18.1 Å². The fraction of sp³-hybridized carbons (Fsp3) is 0.364. The van der Waals surface area contributed by atoms with Gasteiger partial charge in [-0.15, -0.1) is 22.7 Å². The highest BCUT2D eigenvalue weighted by Crippen LogP contribution is 2.25. The fourth-order valence-electron chi connectivity index (χ4n) is 1.35. The van der Waals surface area contributed by atoms with E-state index in [1.165, 1.54) is 6.07 Å². The minimum absolute atomic E-state index is 0.196. The van der Waals surface area contributed by atoms with Crippen LogP contribution in [-0.2, 0) is 16.6 Å². The van der Waals surface area contributed by atoms with Gasteiger partial charge in [-0.2, -0.15) is 0 Å². The van der Waals surface area contributed by atoms with Crippen molar-refractivity contribution in [3.8, 4) is 0 Å². The predicted octanol–water partition coefficient (Wildman–Crippen LogP) is 3.46. The molecular formula is C11H13ClN2O2S3. The molecule has 0 bridgehead atoms. The third-order valence-electron chi connectivity index (χ3n) is 2.32. The fourth-order valence-corrected chi connectivity index (χ4v) is 4.71. The van der Waals surface area contributed by atoms with E-state index in [9.17, 15) is 8.42 Å². The molecule has 2 rings (SSSR count). The van der Waals surface area contributed by atoms with Gasteiger partial charge in [0.05, 0.1) is 21.6 Å². The summed E-state index contributed by atoms with van der Waals surface area (Å²) in [5.74, 6) is 0.353. The summed E-state index contributed by atoms with van der Waals surface area (Å²) >= 11 is 8.32. The van der Waals surface area contributed by atoms with E-state index in [0.29, 0.717) is 10.3 Å². The van der Waals surface area contributed by atoms with Crippen LogP contribution in [0.25, 0.3) is 0 Å². The second-order valence-electron chi connectivity index (χ2n) is 4.21. The van der Waals surface area contributed by atoms with Gasteiger partial charge in [0, 0.05) is 11.3 Å². The minimum atomic E-state index is -3.50. The molecule has 0 atom stereocenters. The van der Waals surface area contributed by atoms with Gasteiger partial charge in [-0.1, -0.05) is 25.4 Å². The molecule has 0 aliphatic rings. The zero-order valence-electron chi connectivity index (χ0n) is 10.4. The lowest BCUT2D eigenvalue weighted by molar-refractivity contribution is 0.582. The Morgan fingerprint density at radius 3 is 2.68 bits per heavy atom. The number of hydrogen-bond acceptors (Lipinski definition) is 5. The lowest BCUT2D eigenvalue weighted by Gasteiger charge is -2.02. The monoisotopic (exact) mass is 336 g/mol. The summed E-state index contributed by atoms with van der Waals surface area (Å²) in [4.78, 5) is 4.38. The Balaban J connectivity index is 2.05. The SMILES string of the molecule is CC(C)c1nc(CNS(=O)(=O)c2ccc(Cl)s2)cs1. The molecule has 4 nitrogen and oxygen atoms in total. The molecule has 0 saturated heterocycles. The Morgan fingerprint density at radius 2 is 2.16 bits per heavy atom. The minimum Gasteiger partial charge on any atom is -0.245 e. The van der Waals surface area contributed by atoms with E-state index in [4.69, 9.17) is 11.6 Å². The first-order chi connectivity index (χ1) is 8.88. The Hall–Kier alpha value is -0.470. The number of thiazole rings is 1. The van der Waals surface area contributed by atoms with Crippen molar-refractivity contribution in [2.45, 2.75) is 30.5 Å². The first-order valence-electron chi connectivity index (χ1n) is 5.58. The maximum atomic E-state index is 12.0. The smallest absolute Gasteiger partial charge is 0.245 e. The number of halogens is 1. The maximum Gasteiger partial charge on any atom is 0.250 e. The van der Waals surface area contributed by atoms with Crippen molar-refractivity contribution in [2.24, 2.45) is 0 Å². The van der Waals surface area contributed by atoms with E-state index in [0.717, 1.165) is 22.0 Å². The van der Waals surface area contributed by atoms with Crippen LogP contribution in [0.15, 0.2) is 21.7 Å². The molecule has 0 aromatic carbocycles. The number of nitrogens with zero attached hydrogens (tertiary/aromatic N) is 1. The normalized spacial score (nSPS) is 12.2. The molecular weight excluding hydrogens is 324 g/mol. The van der Waals surface area contributed by atoms with Crippen molar-refractivity contribution in [3.63, 3.8) is 0 Å². The summed E-state index contributed by atoms with van der Waals surface area (Å²) in [6, 6.07) is 3.07. The molecule has 2 aromatic heterocycles. The number of sulfonamides is 1. The molecule has 1 N–H and O–H groups in total. The van der Waals surface area contributed by atoms with Gasteiger partial charge in [0.15, 0.2) is 0 Å². The van der Waals surface area contributed by atoms with Crippen LogP contribution >= 0.6 is 34.3 Å². The number of thiophene rings is 1. The molecule has 0 unspecified atom stereocenters. The molecule has 19 heavy (non-hydrogen) atoms. The molecule has 2 aromatic rings. The van der Waals surface area contributed by atoms with E-state index in [1.54, 1.807) is 17.4 Å². The van der Waals surface area contributed by atoms with Gasteiger partial charge >= 0.3 is 0 Å². The summed E-state index contributed by atoms with van der Waals surface area (Å²) in [5, 5.41) is 2.88. The van der Waals surface area contributed by atoms with Crippen LogP contribution in [0.3, 0.4) is 0 Å². The number of hydrogen-bond donors (Lipinski definition) is 1. The van der Waals surface area contributed by atoms with Gasteiger partial charge in [-0.05, 0) is 12.1 Å². The highest BCUT2D eigenvalue weighted by Gasteiger charge is 2.17. The molecule has 104 valence electrons. The highest BCUT2D eigenvalue weighted by atomic mass is 35.5. The Morgan fingerprint density at radius 1 is 1.42 bits per heavy atom. The Labute approximate surface area is 125 Å². The van der Waals surface area contributed by atoms with Crippen molar-refractivity contribution in [2.75, 3.05) is 0 Å². The highest BCUT2D eigenvalue weighted by molar-refractivity contribution is 7.91. The molecule has 0 fully saturated rings. The van der Waals surface area contributed by atoms with Gasteiger partial charge in [0.25, 0.3) is 0 Å². The van der Waals surface area contributed by atoms with Gasteiger partial charge in [0.2, 0.25) is 10.0 Å². The zero-order chi connectivity index (χ0) is 14.0. The molecule has 0 aliphatic heterocycles. The zero-order valence-corrected chi connectivity index (χ0v) is 13.6. The number of nitrogens with one attached hydrogen (secondary N) is 1. The summed E-state index contributed by atoms with van der Waals surface area (Å²) in [5.41, 5.74) is 0.736. The molecule has 0 amide bonds. The first kappa shape index (κ1) is 14.9. The number of rotatable bonds is 5. The second kappa shape index (κ2) is 5.88. The Kier molecular flexibility index (Phi) is 4.62. The van der Waals surface area contributed by atoms with Crippen LogP contribution in [0.5, 0.6) is 0 Å². The van der Waals surface area contributed by atoms with Crippen molar-refractivity contribution < 1.29 is 8.42 Å². The number of aromatic nitrogens is 1. The van der Waals surface area contributed by atoms with E-state index in [1.807, 2.05) is 5.38 Å². The quantitative estimate of drug-likeness (QED) is 0.909. The van der Waals surface area contributed by atoms with Crippen LogP contribution in [0.4, 0.5) is 0 Å². The summed E-state index contributed by atoms with van der Waals surface area (Å²) in [6.07, 6.45) is 0. The van der Waals surface area contributed by atoms with Crippen LogP contribution < -0.4 is 4.72 Å². The molecule has 0 radical (unpaired) electrons. The molecule has 0 aliphatic carbocycles. The van der Waals surface area contributed by atoms with E-state index < -0.39 is 10.0 Å². The third-order valence-corrected chi connectivity index (χ3v) is 6.64. The van der Waals surface area contributed by atoms with E-state index >= 15 is 0 Å². The Bertz CT molecular complexity index is 661. The van der Waals surface area contributed by atoms with Crippen molar-refractivity contribution in [1.29, 1.82) is 0 Å². The first-order valence-corrected chi connectivity index (χ1v) is 9.13. The second-order valence-corrected chi connectivity index (χ2v) is 8.81. The average molecular weight is 337 g/mol. The topological polar surface area (TPSA) is 59.1 Å². The van der Waals surface area contributed by atoms with Crippen LogP contribution in [0.1, 0.15) is 30.5 Å². The molecule has 0 spiro atoms. The van der Waals surface area contributed by atoms with Gasteiger partial charge in [0.1, 0.15) is 4.21 Å². The summed E-state index contributed by atoms with van der Waals surface area (Å²) < 4.78 is 27.2. The van der Waals surface area contributed by atoms with Gasteiger partial charge < -0.3 is 0 Å². The molecule has 8 heteroatoms. The maximum absolute atomic E-state index is 12.0. The standard InChI is InChI=1S/C11H13ClN2O2S3/c1-7(2)11-14-8(6-17-11)5-13-19(15,16)10-4-3-9(12)18-10/h3-4,6-7,13H,5H2,1-2H3. The molecule has 2 heterocycles. The molecule has 0 saturated carbocycles. The van der Waals surface area contributed by atoms with Crippen LogP contribution in [-0.4, -0.2) is 13.4 Å². The van der Waals surface area contributed by atoms with Crippen LogP contribution in [0, 0.1) is 0 Å². The predicted molar refractivity (Wildman–Crippen MR) is 79.6 cm³/mol. The summed E-state index contributed by atoms with van der Waals surface area (Å²) in [6.45, 7) is 4.31. The summed E-state index contributed by atoms with van der Waals surface area (Å²) in [7, 11) is -3.50.